The predicted octanol–water partition coefficient (Wildman–Crippen LogP) is 3.47. The number of aryl methyl sites for hydroxylation is 1. The second-order valence-corrected chi connectivity index (χ2v) is 4.32. The van der Waals surface area contributed by atoms with Gasteiger partial charge in [-0.05, 0) is 38.0 Å². The van der Waals surface area contributed by atoms with Gasteiger partial charge in [-0.1, -0.05) is 25.5 Å². The summed E-state index contributed by atoms with van der Waals surface area (Å²) in [6.07, 6.45) is 2.57. The summed E-state index contributed by atoms with van der Waals surface area (Å²) < 4.78 is 5.28. The van der Waals surface area contributed by atoms with Gasteiger partial charge in [0.15, 0.2) is 0 Å². The molecule has 0 radical (unpaired) electrons. The summed E-state index contributed by atoms with van der Waals surface area (Å²) in [4.78, 5) is 0. The summed E-state index contributed by atoms with van der Waals surface area (Å²) in [5, 5.41) is 3.44. The van der Waals surface area contributed by atoms with Crippen molar-refractivity contribution in [2.75, 3.05) is 12.4 Å². The van der Waals surface area contributed by atoms with Gasteiger partial charge in [-0.3, -0.25) is 0 Å². The van der Waals surface area contributed by atoms with Crippen LogP contribution >= 0.6 is 0 Å². The quantitative estimate of drug-likeness (QED) is 0.794. The van der Waals surface area contributed by atoms with E-state index in [-0.39, 0.29) is 6.10 Å². The fourth-order valence-corrected chi connectivity index (χ4v) is 1.64. The Labute approximate surface area is 99.0 Å². The molecule has 1 aromatic rings. The van der Waals surface area contributed by atoms with Crippen molar-refractivity contribution in [3.63, 3.8) is 0 Å². The molecule has 1 rings (SSSR count). The number of anilines is 1. The van der Waals surface area contributed by atoms with Crippen LogP contribution in [0.25, 0.3) is 0 Å². The molecule has 2 heteroatoms. The maximum Gasteiger partial charge on any atom is 0.0741 e. The zero-order chi connectivity index (χ0) is 12.0. The Morgan fingerprint density at radius 1 is 1.19 bits per heavy atom. The first-order chi connectivity index (χ1) is 7.67. The molecule has 0 saturated carbocycles. The molecule has 2 atom stereocenters. The van der Waals surface area contributed by atoms with Crippen molar-refractivity contribution in [1.29, 1.82) is 0 Å². The molecule has 0 amide bonds. The molecule has 0 spiro atoms. The lowest BCUT2D eigenvalue weighted by Crippen LogP contribution is -2.29. The van der Waals surface area contributed by atoms with E-state index in [0.29, 0.717) is 6.04 Å². The van der Waals surface area contributed by atoms with Gasteiger partial charge >= 0.3 is 0 Å². The lowest BCUT2D eigenvalue weighted by Gasteiger charge is -2.21. The van der Waals surface area contributed by atoms with Crippen LogP contribution in [0.1, 0.15) is 32.8 Å². The van der Waals surface area contributed by atoms with Crippen molar-refractivity contribution in [3.8, 4) is 0 Å². The van der Waals surface area contributed by atoms with Crippen molar-refractivity contribution in [2.24, 2.45) is 0 Å². The number of nitrogens with one attached hydrogen (secondary N) is 1. The molecule has 0 aromatic heterocycles. The van der Waals surface area contributed by atoms with Crippen LogP contribution in [0.4, 0.5) is 5.69 Å². The Morgan fingerprint density at radius 3 is 2.31 bits per heavy atom. The number of hydrogen-bond donors (Lipinski definition) is 1. The van der Waals surface area contributed by atoms with Gasteiger partial charge in [0.1, 0.15) is 0 Å². The fourth-order valence-electron chi connectivity index (χ4n) is 1.64. The zero-order valence-corrected chi connectivity index (χ0v) is 10.8. The van der Waals surface area contributed by atoms with Gasteiger partial charge in [0.05, 0.1) is 6.10 Å². The number of ether oxygens (including phenoxy) is 1. The van der Waals surface area contributed by atoms with Crippen LogP contribution in [0.15, 0.2) is 24.3 Å². The minimum absolute atomic E-state index is 0.218. The van der Waals surface area contributed by atoms with E-state index in [1.165, 1.54) is 12.0 Å². The van der Waals surface area contributed by atoms with E-state index in [1.807, 2.05) is 0 Å². The van der Waals surface area contributed by atoms with E-state index in [0.717, 1.165) is 12.1 Å². The highest BCUT2D eigenvalue weighted by Crippen LogP contribution is 2.13. The molecule has 0 aliphatic heterocycles. The van der Waals surface area contributed by atoms with Gasteiger partial charge in [-0.2, -0.15) is 0 Å². The Kier molecular flexibility index (Phi) is 5.33. The fraction of sp³-hybridized carbons (Fsp3) is 0.571. The lowest BCUT2D eigenvalue weighted by molar-refractivity contribution is 0.106. The molecule has 2 nitrogen and oxygen atoms in total. The van der Waals surface area contributed by atoms with E-state index >= 15 is 0 Å². The molecule has 0 fully saturated rings. The first kappa shape index (κ1) is 13.0. The molecular formula is C14H23NO. The van der Waals surface area contributed by atoms with Crippen LogP contribution in [0.3, 0.4) is 0 Å². The molecule has 16 heavy (non-hydrogen) atoms. The van der Waals surface area contributed by atoms with Crippen molar-refractivity contribution < 1.29 is 4.74 Å². The minimum Gasteiger partial charge on any atom is -0.380 e. The SMILES string of the molecule is CCCc1ccc(NC(C)C(C)OC)cc1. The zero-order valence-electron chi connectivity index (χ0n) is 10.8. The maximum atomic E-state index is 5.28. The van der Waals surface area contributed by atoms with Crippen LogP contribution in [-0.2, 0) is 11.2 Å². The summed E-state index contributed by atoms with van der Waals surface area (Å²) in [6.45, 7) is 6.41. The van der Waals surface area contributed by atoms with Gasteiger partial charge < -0.3 is 10.1 Å². The number of hydrogen-bond acceptors (Lipinski definition) is 2. The topological polar surface area (TPSA) is 21.3 Å². The molecule has 0 bridgehead atoms. The first-order valence-corrected chi connectivity index (χ1v) is 6.05. The molecule has 1 N–H and O–H groups in total. The van der Waals surface area contributed by atoms with Crippen LogP contribution < -0.4 is 5.32 Å². The van der Waals surface area contributed by atoms with Crippen molar-refractivity contribution in [1.82, 2.24) is 0 Å². The van der Waals surface area contributed by atoms with Gasteiger partial charge in [-0.25, -0.2) is 0 Å². The van der Waals surface area contributed by atoms with Gasteiger partial charge in [0.25, 0.3) is 0 Å². The van der Waals surface area contributed by atoms with Crippen molar-refractivity contribution in [3.05, 3.63) is 29.8 Å². The Bertz CT molecular complexity index is 294. The molecule has 2 unspecified atom stereocenters. The third-order valence-electron chi connectivity index (χ3n) is 2.96. The third-order valence-corrected chi connectivity index (χ3v) is 2.96. The van der Waals surface area contributed by atoms with Crippen LogP contribution in [0.2, 0.25) is 0 Å². The largest absolute Gasteiger partial charge is 0.380 e. The van der Waals surface area contributed by atoms with Gasteiger partial charge in [0.2, 0.25) is 0 Å². The number of rotatable bonds is 6. The van der Waals surface area contributed by atoms with E-state index < -0.39 is 0 Å². The van der Waals surface area contributed by atoms with E-state index in [4.69, 9.17) is 4.74 Å². The van der Waals surface area contributed by atoms with Gasteiger partial charge in [-0.15, -0.1) is 0 Å². The highest BCUT2D eigenvalue weighted by molar-refractivity contribution is 5.45. The minimum atomic E-state index is 0.218. The average Bonchev–Trinajstić information content (AvgIpc) is 2.31. The van der Waals surface area contributed by atoms with E-state index in [9.17, 15) is 0 Å². The molecular weight excluding hydrogens is 198 g/mol. The van der Waals surface area contributed by atoms with E-state index in [1.54, 1.807) is 7.11 Å². The molecule has 0 heterocycles. The monoisotopic (exact) mass is 221 g/mol. The summed E-state index contributed by atoms with van der Waals surface area (Å²) in [5.74, 6) is 0. The first-order valence-electron chi connectivity index (χ1n) is 6.05. The van der Waals surface area contributed by atoms with Crippen LogP contribution in [-0.4, -0.2) is 19.3 Å². The summed E-state index contributed by atoms with van der Waals surface area (Å²) >= 11 is 0. The average molecular weight is 221 g/mol. The predicted molar refractivity (Wildman–Crippen MR) is 70.0 cm³/mol. The second kappa shape index (κ2) is 6.54. The molecule has 0 aliphatic rings. The van der Waals surface area contributed by atoms with Crippen molar-refractivity contribution in [2.45, 2.75) is 45.8 Å². The van der Waals surface area contributed by atoms with E-state index in [2.05, 4.69) is 50.4 Å². The van der Waals surface area contributed by atoms with Crippen LogP contribution in [0, 0.1) is 0 Å². The number of benzene rings is 1. The maximum absolute atomic E-state index is 5.28. The highest BCUT2D eigenvalue weighted by atomic mass is 16.5. The smallest absolute Gasteiger partial charge is 0.0741 e. The molecule has 1 aromatic carbocycles. The molecule has 90 valence electrons. The van der Waals surface area contributed by atoms with Crippen molar-refractivity contribution >= 4 is 5.69 Å². The Balaban J connectivity index is 2.54. The second-order valence-electron chi connectivity index (χ2n) is 4.32. The number of methoxy groups -OCH3 is 1. The van der Waals surface area contributed by atoms with Gasteiger partial charge in [0, 0.05) is 18.8 Å². The highest BCUT2D eigenvalue weighted by Gasteiger charge is 2.10. The standard InChI is InChI=1S/C14H23NO/c1-5-6-13-7-9-14(10-8-13)15-11(2)12(3)16-4/h7-12,15H,5-6H2,1-4H3. The molecule has 0 aliphatic carbocycles. The Morgan fingerprint density at radius 2 is 1.81 bits per heavy atom. The lowest BCUT2D eigenvalue weighted by atomic mass is 10.1. The Hall–Kier alpha value is -1.02. The third kappa shape index (κ3) is 3.86. The summed E-state index contributed by atoms with van der Waals surface area (Å²) in [5.41, 5.74) is 2.57. The normalized spacial score (nSPS) is 14.5. The summed E-state index contributed by atoms with van der Waals surface area (Å²) in [7, 11) is 1.74. The molecule has 0 saturated heterocycles. The van der Waals surface area contributed by atoms with Crippen LogP contribution in [0.5, 0.6) is 0 Å². The summed E-state index contributed by atoms with van der Waals surface area (Å²) in [6, 6.07) is 8.99.